The summed E-state index contributed by atoms with van der Waals surface area (Å²) in [5.41, 5.74) is 1.52. The summed E-state index contributed by atoms with van der Waals surface area (Å²) < 4.78 is 57.2. The number of hydrogen-bond acceptors (Lipinski definition) is 34. The number of nitrogens with zero attached hydrogens (tertiary/aromatic N) is 22. The number of aromatic nitrogens is 22. The number of tetrazole rings is 1. The molecular formula is C91H116BCl4N25O15U. The van der Waals surface area contributed by atoms with E-state index in [-0.39, 0.29) is 152 Å². The van der Waals surface area contributed by atoms with Gasteiger partial charge in [0, 0.05) is 138 Å². The van der Waals surface area contributed by atoms with Crippen molar-refractivity contribution in [1.82, 2.24) is 109 Å². The van der Waals surface area contributed by atoms with Crippen LogP contribution in [0.2, 0.25) is 5.28 Å². The van der Waals surface area contributed by atoms with Gasteiger partial charge >= 0.3 is 17.9 Å². The number of carbonyl (C=O) groups is 4. The van der Waals surface area contributed by atoms with Crippen LogP contribution in [0.4, 0.5) is 0 Å². The largest absolute Gasteiger partial charge is 0.481 e. The maximum Gasteiger partial charge on any atom is 0.340 e. The molecule has 15 unspecified atom stereocenters. The Balaban J connectivity index is 0.000000223. The maximum absolute atomic E-state index is 12.5. The summed E-state index contributed by atoms with van der Waals surface area (Å²) in [4.78, 5) is 79.1. The first kappa shape index (κ1) is 112. The number of esters is 3. The van der Waals surface area contributed by atoms with Crippen molar-refractivity contribution in [3.63, 3.8) is 0 Å². The summed E-state index contributed by atoms with van der Waals surface area (Å²) in [6.07, 6.45) is 12.1. The number of H-pyrrole nitrogens is 1. The molecule has 5 saturated heterocycles. The topological polar surface area (TPSA) is 531 Å². The van der Waals surface area contributed by atoms with Gasteiger partial charge in [-0.25, -0.2) is 53.3 Å². The number of rotatable bonds is 11. The SMILES string of the molecule is C.CC(=O)O.CC1C(O)OC(c2nc3ncccn3n2)[C@@H](C)[C@@H]1C.CC1C(O)OC(c2nnc3ncccn23)[C@@H](C)[C@@H]1C.CC1C(OC(=O)c2ccccc2)OC(c2nc3ncccn3n2)[C@@H](C)[C@@H]1C.CC1C(OC(=O)c2ccccc2)OC(c2nn[nH]n2)[C@@H](C)[C@@H]1C.CC1C(OC(=O)c2ccccc2)OC(c2nnc3ncccn23)[C@@H](C)[C@@H]1C.Clc1ncccn1.N#CC(Cl)(Cl)Cl.NN.[2H][B].[U]. The van der Waals surface area contributed by atoms with Crippen molar-refractivity contribution in [3.05, 3.63) is 234 Å². The van der Waals surface area contributed by atoms with E-state index in [2.05, 4.69) is 180 Å². The number of carbonyl (C=O) groups excluding carboxylic acids is 3. The van der Waals surface area contributed by atoms with Crippen molar-refractivity contribution in [2.75, 3.05) is 0 Å². The van der Waals surface area contributed by atoms with E-state index in [9.17, 15) is 24.6 Å². The Bertz CT molecular complexity index is 5820. The number of benzene rings is 3. The van der Waals surface area contributed by atoms with Crippen LogP contribution in [0.5, 0.6) is 0 Å². The van der Waals surface area contributed by atoms with Crippen LogP contribution in [0.3, 0.4) is 0 Å². The van der Waals surface area contributed by atoms with Crippen LogP contribution in [0.25, 0.3) is 23.1 Å². The first-order valence-electron chi connectivity index (χ1n) is 43.9. The standard InChI is InChI=1S/2C20H22N4O3.C16H20N4O3.2C13H18N4O2.C4H3ClN2.C2Cl3N.C2H4O2.CH4.BH.H4N2.U/c1-12-13(2)16(17-22-23-20-21-10-7-11-24(17)20)26-19(14(12)3)27-18(25)15-8-5-4-6-9-15;1-12-13(2)16(17-22-20-21-10-7-11-24(20)23-17)26-19(14(12)3)27-18(25)15-8-5-4-6-9-15;1-9-10(2)13(14-17-19-20-18-14)22-16(11(9)3)23-15(21)12-7-5-4-6-8-12;1-7-8(2)10(19-12(18)9(7)3)11-15-16-13-14-5-4-6-17(11)13;1-7-8(2)10(19-12(18)9(7)3)11-15-13-14-5-4-6-17(13)16-11;5-4-6-2-1-3-7-4;3-2(4,5)1-6;1-2(3)4;;;1-2;/h2*4-14,16,19H,1-3H3;4-11,13,16H,1-3H3,(H,17,18,19,20);2*4-10,12,18H,1-3H3;1-3H;;1H3,(H,3,4);1H4;1H;1-2H2;/t2*12-,13-,14?,16?,19?;9-,10-,11?,13?,16?;2*7-,8-,9?,10?,12?;;;;;;;/m00000......./s1/i;;;;;;;;;1D;;. The molecule has 2 radical (unpaired) electrons. The van der Waals surface area contributed by atoms with Gasteiger partial charge in [0.2, 0.25) is 30.0 Å². The quantitative estimate of drug-likeness (QED) is 0.0133. The van der Waals surface area contributed by atoms with E-state index < -0.39 is 53.2 Å². The first-order valence-corrected chi connectivity index (χ1v) is 44.8. The molecule has 10 aromatic heterocycles. The average molecular weight is 2190 g/mol. The van der Waals surface area contributed by atoms with E-state index in [1.54, 1.807) is 125 Å². The minimum atomic E-state index is -1.74. The van der Waals surface area contributed by atoms with E-state index in [0.29, 0.717) is 86.0 Å². The van der Waals surface area contributed by atoms with Crippen molar-refractivity contribution in [3.8, 4) is 6.07 Å². The molecule has 5 aliphatic rings. The molecule has 40 nitrogen and oxygen atoms in total. The summed E-state index contributed by atoms with van der Waals surface area (Å²) in [6, 6.07) is 37.2. The summed E-state index contributed by atoms with van der Waals surface area (Å²) in [5, 5.41) is 75.0. The van der Waals surface area contributed by atoms with Crippen molar-refractivity contribution in [2.24, 2.45) is 100 Å². The molecule has 8 N–H and O–H groups in total. The average Bonchev–Trinajstić information content (AvgIpc) is 1.57. The molecule has 15 heterocycles. The van der Waals surface area contributed by atoms with Crippen LogP contribution in [0, 0.1) is 131 Å². The number of nitrogens with two attached hydrogens (primary N) is 2. The third-order valence-corrected chi connectivity index (χ3v) is 25.4. The first-order chi connectivity index (χ1) is 65.0. The predicted molar refractivity (Wildman–Crippen MR) is 501 cm³/mol. The number of ether oxygens (including phenoxy) is 8. The molecule has 25 atom stereocenters. The second kappa shape index (κ2) is 53.5. The van der Waals surface area contributed by atoms with Gasteiger partial charge in [-0.1, -0.05) is 206 Å². The zero-order valence-corrected chi connectivity index (χ0v) is 84.8. The molecule has 730 valence electrons. The smallest absolute Gasteiger partial charge is 0.340 e. The van der Waals surface area contributed by atoms with Crippen molar-refractivity contribution in [1.29, 1.82) is 6.60 Å². The van der Waals surface area contributed by atoms with Gasteiger partial charge in [0.15, 0.2) is 35.9 Å². The Labute approximate surface area is 839 Å². The third-order valence-electron chi connectivity index (χ3n) is 25.0. The van der Waals surface area contributed by atoms with Gasteiger partial charge < -0.3 is 53.2 Å². The number of fused-ring (bicyclic) bond motifs is 4. The van der Waals surface area contributed by atoms with Gasteiger partial charge in [-0.3, -0.25) is 25.3 Å². The fourth-order valence-electron chi connectivity index (χ4n) is 15.4. The zero-order valence-electron chi connectivity index (χ0n) is 78.6. The molecule has 0 spiro atoms. The summed E-state index contributed by atoms with van der Waals surface area (Å²) in [7, 11) is 3.75. The van der Waals surface area contributed by atoms with Gasteiger partial charge in [0.1, 0.15) is 36.6 Å². The van der Waals surface area contributed by atoms with Crippen LogP contribution >= 0.6 is 46.4 Å². The summed E-state index contributed by atoms with van der Waals surface area (Å²) in [5.74, 6) is 14.1. The molecule has 18 rings (SSSR count). The van der Waals surface area contributed by atoms with E-state index >= 15 is 0 Å². The minimum Gasteiger partial charge on any atom is -0.481 e. The number of nitrogens with one attached hydrogen (secondary N) is 1. The minimum absolute atomic E-state index is 0. The Kier molecular flexibility index (Phi) is 43.5. The third kappa shape index (κ3) is 29.7. The van der Waals surface area contributed by atoms with Crippen molar-refractivity contribution in [2.45, 2.75) is 184 Å². The number of halogens is 4. The van der Waals surface area contributed by atoms with Gasteiger partial charge in [0.25, 0.3) is 32.9 Å². The number of nitriles is 1. The number of aliphatic hydroxyl groups is 2. The van der Waals surface area contributed by atoms with Gasteiger partial charge in [-0.05, 0) is 139 Å². The number of alkyl halides is 3. The van der Waals surface area contributed by atoms with E-state index in [4.69, 9.17) is 101 Å². The van der Waals surface area contributed by atoms with Crippen LogP contribution in [-0.4, -0.2) is 193 Å². The number of hydrogen-bond donors (Lipinski definition) is 6. The molecular weight excluding hydrogens is 2070 g/mol. The molecule has 137 heavy (non-hydrogen) atoms. The van der Waals surface area contributed by atoms with Crippen LogP contribution in [-0.2, 0) is 42.7 Å². The predicted octanol–water partition coefficient (Wildman–Crippen LogP) is 13.7. The molecule has 0 amide bonds. The fourth-order valence-corrected chi connectivity index (χ4v) is 15.5. The number of hydrazine groups is 1. The molecule has 13 aromatic rings. The van der Waals surface area contributed by atoms with Gasteiger partial charge in [0.05, 0.1) is 16.7 Å². The van der Waals surface area contributed by atoms with Crippen molar-refractivity contribution < 1.29 is 104 Å². The monoisotopic (exact) mass is 2190 g/mol. The zero-order chi connectivity index (χ0) is 99.4. The number of aromatic amines is 1. The van der Waals surface area contributed by atoms with Gasteiger partial charge in [-0.2, -0.15) is 20.4 Å². The van der Waals surface area contributed by atoms with Crippen LogP contribution in [0.15, 0.2) is 183 Å². The van der Waals surface area contributed by atoms with Gasteiger partial charge in [-0.15, -0.1) is 40.8 Å². The van der Waals surface area contributed by atoms with Crippen LogP contribution in [0.1, 0.15) is 209 Å². The van der Waals surface area contributed by atoms with E-state index in [1.165, 1.54) is 6.07 Å². The molecule has 5 aliphatic heterocycles. The number of aliphatic hydroxyl groups excluding tert-OH is 2. The normalized spacial score (nSPS) is 27.4. The van der Waals surface area contributed by atoms with Crippen LogP contribution < -0.4 is 11.7 Å². The molecule has 5 fully saturated rings. The Morgan fingerprint density at radius 2 is 0.723 bits per heavy atom. The molecule has 0 bridgehead atoms. The number of carboxylic acids is 1. The molecule has 0 aliphatic carbocycles. The summed E-state index contributed by atoms with van der Waals surface area (Å²) in [6.45, 7) is 32.4. The molecule has 0 saturated carbocycles. The van der Waals surface area contributed by atoms with E-state index in [0.717, 1.165) is 6.92 Å². The second-order valence-electron chi connectivity index (χ2n) is 33.2. The fraction of sp³-hybridized carbons (Fsp3) is 0.473. The number of carboxylic acid groups (broad SMARTS) is 1. The second-order valence-corrected chi connectivity index (χ2v) is 35.8. The maximum atomic E-state index is 12.5. The Morgan fingerprint density at radius 1 is 0.431 bits per heavy atom. The Hall–Kier alpha value is -10.7. The number of aliphatic carboxylic acids is 1. The molecule has 46 heteroatoms. The van der Waals surface area contributed by atoms with E-state index in [1.807, 2.05) is 110 Å². The summed E-state index contributed by atoms with van der Waals surface area (Å²) >= 11 is 20.0. The van der Waals surface area contributed by atoms with Crippen molar-refractivity contribution >= 4 is 102 Å². The Morgan fingerprint density at radius 3 is 1.04 bits per heavy atom. The molecule has 3 aromatic carbocycles.